The molecule has 1 aliphatic heterocycles. The van der Waals surface area contributed by atoms with Gasteiger partial charge in [-0.2, -0.15) is 0 Å². The fourth-order valence-electron chi connectivity index (χ4n) is 1.78. The van der Waals surface area contributed by atoms with E-state index < -0.39 is 11.4 Å². The summed E-state index contributed by atoms with van der Waals surface area (Å²) in [6, 6.07) is -0.193. The Morgan fingerprint density at radius 1 is 1.61 bits per heavy atom. The molecule has 5 nitrogen and oxygen atoms in total. The maximum atomic E-state index is 11.8. The average molecular weight is 270 g/mol. The number of terminal acetylenes is 1. The maximum absolute atomic E-state index is 11.8. The number of carboxylic acids is 1. The predicted molar refractivity (Wildman–Crippen MR) is 71.5 cm³/mol. The lowest BCUT2D eigenvalue weighted by atomic mass is 9.90. The van der Waals surface area contributed by atoms with Crippen molar-refractivity contribution in [3.63, 3.8) is 0 Å². The summed E-state index contributed by atoms with van der Waals surface area (Å²) >= 11 is 1.58. The van der Waals surface area contributed by atoms with E-state index in [1.807, 2.05) is 0 Å². The minimum absolute atomic E-state index is 0.193. The molecule has 1 heterocycles. The van der Waals surface area contributed by atoms with Gasteiger partial charge in [0.15, 0.2) is 0 Å². The molecule has 1 saturated heterocycles. The second kappa shape index (κ2) is 6.55. The van der Waals surface area contributed by atoms with Crippen LogP contribution < -0.4 is 5.32 Å². The van der Waals surface area contributed by atoms with Crippen molar-refractivity contribution < 1.29 is 14.7 Å². The van der Waals surface area contributed by atoms with Gasteiger partial charge in [-0.3, -0.25) is 4.79 Å². The summed E-state index contributed by atoms with van der Waals surface area (Å²) in [5, 5.41) is 11.8. The largest absolute Gasteiger partial charge is 0.481 e. The number of carboxylic acid groups (broad SMARTS) is 1. The number of carbonyl (C=O) groups is 2. The molecular formula is C12H18N2O3S. The van der Waals surface area contributed by atoms with Crippen molar-refractivity contribution in [3.05, 3.63) is 0 Å². The molecule has 18 heavy (non-hydrogen) atoms. The molecule has 1 atom stereocenters. The lowest BCUT2D eigenvalue weighted by Crippen LogP contribution is -2.41. The number of nitrogens with one attached hydrogen (secondary N) is 1. The summed E-state index contributed by atoms with van der Waals surface area (Å²) in [5.74, 6) is 3.06. The van der Waals surface area contributed by atoms with Crippen LogP contribution in [0, 0.1) is 17.8 Å². The molecule has 1 aliphatic rings. The second-order valence-corrected chi connectivity index (χ2v) is 5.63. The number of carbonyl (C=O) groups excluding carboxylic acids is 1. The van der Waals surface area contributed by atoms with Gasteiger partial charge in [-0.25, -0.2) is 4.79 Å². The molecule has 0 aromatic carbocycles. The highest BCUT2D eigenvalue weighted by Gasteiger charge is 2.41. The molecule has 0 aliphatic carbocycles. The maximum Gasteiger partial charge on any atom is 0.317 e. The minimum atomic E-state index is -0.845. The number of hydrogen-bond acceptors (Lipinski definition) is 3. The Balaban J connectivity index is 2.28. The number of hydrogen-bond donors (Lipinski definition) is 2. The van der Waals surface area contributed by atoms with E-state index >= 15 is 0 Å². The van der Waals surface area contributed by atoms with Gasteiger partial charge in [0.05, 0.1) is 11.2 Å². The molecule has 0 bridgehead atoms. The summed E-state index contributed by atoms with van der Waals surface area (Å²) in [5.41, 5.74) is -0.810. The van der Waals surface area contributed by atoms with E-state index in [1.165, 1.54) is 0 Å². The molecule has 1 unspecified atom stereocenters. The first-order chi connectivity index (χ1) is 8.49. The lowest BCUT2D eigenvalue weighted by Gasteiger charge is -2.20. The summed E-state index contributed by atoms with van der Waals surface area (Å²) in [7, 11) is 0. The van der Waals surface area contributed by atoms with Crippen molar-refractivity contribution >= 4 is 23.8 Å². The third kappa shape index (κ3) is 3.84. The lowest BCUT2D eigenvalue weighted by molar-refractivity contribution is -0.146. The molecule has 0 aromatic rings. The molecule has 1 fully saturated rings. The van der Waals surface area contributed by atoms with Gasteiger partial charge in [0.1, 0.15) is 0 Å². The fourth-order valence-corrected chi connectivity index (χ4v) is 2.29. The van der Waals surface area contributed by atoms with Gasteiger partial charge in [0.2, 0.25) is 0 Å². The molecule has 0 spiro atoms. The molecular weight excluding hydrogens is 252 g/mol. The average Bonchev–Trinajstić information content (AvgIpc) is 2.73. The van der Waals surface area contributed by atoms with Crippen molar-refractivity contribution in [2.24, 2.45) is 5.41 Å². The zero-order valence-corrected chi connectivity index (χ0v) is 11.3. The molecule has 100 valence electrons. The quantitative estimate of drug-likeness (QED) is 0.574. The normalized spacial score (nSPS) is 22.6. The second-order valence-electron chi connectivity index (χ2n) is 4.53. The first-order valence-electron chi connectivity index (χ1n) is 5.77. The van der Waals surface area contributed by atoms with E-state index in [9.17, 15) is 9.59 Å². The van der Waals surface area contributed by atoms with E-state index in [0.717, 1.165) is 5.75 Å². The van der Waals surface area contributed by atoms with Crippen LogP contribution in [0.4, 0.5) is 4.79 Å². The number of nitrogens with zero attached hydrogens (tertiary/aromatic N) is 1. The monoisotopic (exact) mass is 270 g/mol. The van der Waals surface area contributed by atoms with Crippen molar-refractivity contribution in [1.29, 1.82) is 0 Å². The Hall–Kier alpha value is -1.35. The van der Waals surface area contributed by atoms with Crippen LogP contribution in [-0.2, 0) is 4.79 Å². The summed E-state index contributed by atoms with van der Waals surface area (Å²) in [4.78, 5) is 24.4. The van der Waals surface area contributed by atoms with E-state index in [2.05, 4.69) is 11.2 Å². The molecule has 2 amide bonds. The molecule has 1 rings (SSSR count). The van der Waals surface area contributed by atoms with Gasteiger partial charge < -0.3 is 15.3 Å². The van der Waals surface area contributed by atoms with Gasteiger partial charge in [-0.1, -0.05) is 5.92 Å². The first-order valence-corrected chi connectivity index (χ1v) is 6.92. The third-order valence-corrected chi connectivity index (χ3v) is 3.85. The number of urea groups is 1. The van der Waals surface area contributed by atoms with Crippen molar-refractivity contribution in [2.75, 3.05) is 31.1 Å². The Labute approximate surface area is 111 Å². The van der Waals surface area contributed by atoms with E-state index in [-0.39, 0.29) is 12.6 Å². The Morgan fingerprint density at radius 3 is 2.89 bits per heavy atom. The summed E-state index contributed by atoms with van der Waals surface area (Å²) < 4.78 is 0. The van der Waals surface area contributed by atoms with Crippen LogP contribution in [0.3, 0.4) is 0 Å². The predicted octanol–water partition coefficient (Wildman–Crippen LogP) is 0.859. The minimum Gasteiger partial charge on any atom is -0.481 e. The van der Waals surface area contributed by atoms with Gasteiger partial charge >= 0.3 is 12.0 Å². The van der Waals surface area contributed by atoms with Gasteiger partial charge in [0, 0.05) is 25.4 Å². The number of rotatable bonds is 5. The highest BCUT2D eigenvalue weighted by Crippen LogP contribution is 2.29. The number of likely N-dealkylation sites (tertiary alicyclic amines) is 1. The number of amides is 2. The van der Waals surface area contributed by atoms with Crippen LogP contribution in [-0.4, -0.2) is 53.1 Å². The Bertz CT molecular complexity index is 367. The van der Waals surface area contributed by atoms with E-state index in [1.54, 1.807) is 23.6 Å². The summed E-state index contributed by atoms with van der Waals surface area (Å²) in [6.45, 7) is 2.98. The van der Waals surface area contributed by atoms with Crippen molar-refractivity contribution in [2.45, 2.75) is 13.3 Å². The Kier molecular flexibility index (Phi) is 5.35. The zero-order valence-electron chi connectivity index (χ0n) is 10.4. The SMILES string of the molecule is C#CCSCCNC(=O)N1CCC(C)(C(=O)O)C1. The number of thioether (sulfide) groups is 1. The molecule has 0 radical (unpaired) electrons. The molecule has 2 N–H and O–H groups in total. The van der Waals surface area contributed by atoms with Crippen LogP contribution in [0.1, 0.15) is 13.3 Å². The van der Waals surface area contributed by atoms with Gasteiger partial charge in [-0.15, -0.1) is 18.2 Å². The third-order valence-electron chi connectivity index (χ3n) is 2.98. The van der Waals surface area contributed by atoms with Gasteiger partial charge in [0.25, 0.3) is 0 Å². The smallest absolute Gasteiger partial charge is 0.317 e. The summed E-state index contributed by atoms with van der Waals surface area (Å²) in [6.07, 6.45) is 5.61. The highest BCUT2D eigenvalue weighted by atomic mass is 32.2. The van der Waals surface area contributed by atoms with Gasteiger partial charge in [-0.05, 0) is 13.3 Å². The van der Waals surface area contributed by atoms with E-state index in [0.29, 0.717) is 25.3 Å². The molecule has 0 aromatic heterocycles. The van der Waals surface area contributed by atoms with Crippen LogP contribution in [0.5, 0.6) is 0 Å². The fraction of sp³-hybridized carbons (Fsp3) is 0.667. The standard InChI is InChI=1S/C12H18N2O3S/c1-3-7-18-8-5-13-11(17)14-6-4-12(2,9-14)10(15)16/h1H,4-9H2,2H3,(H,13,17)(H,15,16). The first kappa shape index (κ1) is 14.7. The van der Waals surface area contributed by atoms with Crippen LogP contribution >= 0.6 is 11.8 Å². The van der Waals surface area contributed by atoms with Crippen LogP contribution in [0.15, 0.2) is 0 Å². The highest BCUT2D eigenvalue weighted by molar-refractivity contribution is 7.99. The van der Waals surface area contributed by atoms with Crippen LogP contribution in [0.25, 0.3) is 0 Å². The zero-order chi connectivity index (χ0) is 13.6. The van der Waals surface area contributed by atoms with E-state index in [4.69, 9.17) is 11.5 Å². The molecule has 6 heteroatoms. The number of aliphatic carboxylic acids is 1. The Morgan fingerprint density at radius 2 is 2.33 bits per heavy atom. The molecule has 0 saturated carbocycles. The van der Waals surface area contributed by atoms with Crippen molar-refractivity contribution in [3.8, 4) is 12.3 Å². The van der Waals surface area contributed by atoms with Crippen molar-refractivity contribution in [1.82, 2.24) is 10.2 Å². The van der Waals surface area contributed by atoms with Crippen LogP contribution in [0.2, 0.25) is 0 Å². The topological polar surface area (TPSA) is 69.6 Å².